The Labute approximate surface area is 190 Å². The summed E-state index contributed by atoms with van der Waals surface area (Å²) >= 11 is 0. The van der Waals surface area contributed by atoms with Gasteiger partial charge >= 0.3 is 6.01 Å². The zero-order chi connectivity index (χ0) is 22.3. The third kappa shape index (κ3) is 5.29. The van der Waals surface area contributed by atoms with Gasteiger partial charge in [0.1, 0.15) is 0 Å². The van der Waals surface area contributed by atoms with Crippen LogP contribution in [-0.2, 0) is 17.7 Å². The van der Waals surface area contributed by atoms with E-state index in [4.69, 9.17) is 9.47 Å². The number of nitrogens with zero attached hydrogens (tertiary/aromatic N) is 7. The summed E-state index contributed by atoms with van der Waals surface area (Å²) in [5.41, 5.74) is 3.07. The molecule has 0 saturated carbocycles. The summed E-state index contributed by atoms with van der Waals surface area (Å²) in [7, 11) is 0. The van der Waals surface area contributed by atoms with Crippen molar-refractivity contribution >= 4 is 22.8 Å². The van der Waals surface area contributed by atoms with Crippen molar-refractivity contribution in [2.24, 2.45) is 10.2 Å². The molecule has 10 nitrogen and oxygen atoms in total. The molecule has 1 aromatic carbocycles. The molecular weight excluding hydrogens is 420 g/mol. The summed E-state index contributed by atoms with van der Waals surface area (Å²) in [4.78, 5) is 22.9. The van der Waals surface area contributed by atoms with E-state index in [1.54, 1.807) is 6.20 Å². The number of rotatable bonds is 8. The Bertz CT molecular complexity index is 1220. The number of ether oxygens (including phenoxy) is 2. The maximum atomic E-state index is 5.83. The zero-order valence-corrected chi connectivity index (χ0v) is 18.1. The highest BCUT2D eigenvalue weighted by molar-refractivity contribution is 5.82. The van der Waals surface area contributed by atoms with Gasteiger partial charge in [0.05, 0.1) is 26.4 Å². The first-order valence-corrected chi connectivity index (χ1v) is 10.9. The topological polar surface area (TPSA) is 114 Å². The minimum absolute atomic E-state index is 0.221. The van der Waals surface area contributed by atoms with Crippen LogP contribution < -0.4 is 9.64 Å². The average Bonchev–Trinajstić information content (AvgIpc) is 3.28. The van der Waals surface area contributed by atoms with Crippen molar-refractivity contribution in [3.63, 3.8) is 0 Å². The molecule has 33 heavy (non-hydrogen) atoms. The molecule has 10 heteroatoms. The van der Waals surface area contributed by atoms with Crippen molar-refractivity contribution in [3.8, 4) is 6.01 Å². The van der Waals surface area contributed by atoms with Crippen LogP contribution in [0, 0.1) is 0 Å². The van der Waals surface area contributed by atoms with Crippen LogP contribution in [0.25, 0.3) is 10.9 Å². The van der Waals surface area contributed by atoms with Crippen molar-refractivity contribution in [2.75, 3.05) is 37.8 Å². The highest BCUT2D eigenvalue weighted by atomic mass is 16.5. The lowest BCUT2D eigenvalue weighted by atomic mass is 10.2. The number of hydrogen-bond donors (Lipinski definition) is 1. The Kier molecular flexibility index (Phi) is 6.43. The smallest absolute Gasteiger partial charge is 0.323 e. The van der Waals surface area contributed by atoms with E-state index in [2.05, 4.69) is 41.2 Å². The maximum absolute atomic E-state index is 5.83. The number of para-hydroxylation sites is 1. The molecule has 0 bridgehead atoms. The number of morpholine rings is 1. The van der Waals surface area contributed by atoms with E-state index >= 15 is 0 Å². The van der Waals surface area contributed by atoms with E-state index in [1.807, 2.05) is 47.5 Å². The normalized spacial score (nSPS) is 14.2. The fourth-order valence-electron chi connectivity index (χ4n) is 3.58. The average molecular weight is 444 g/mol. The van der Waals surface area contributed by atoms with Gasteiger partial charge < -0.3 is 19.4 Å². The van der Waals surface area contributed by atoms with E-state index in [-0.39, 0.29) is 12.0 Å². The first kappa shape index (κ1) is 21.0. The molecule has 1 aliphatic heterocycles. The molecule has 0 aliphatic carbocycles. The van der Waals surface area contributed by atoms with Gasteiger partial charge in [0.25, 0.3) is 5.95 Å². The SMILES string of the molecule is c1ccc(CCOc2nc(N=NCc3c[nH]c4ccccc34)nc(N3CCOCC3)n2)nc1. The number of pyridine rings is 1. The summed E-state index contributed by atoms with van der Waals surface area (Å²) < 4.78 is 11.3. The van der Waals surface area contributed by atoms with Gasteiger partial charge in [-0.2, -0.15) is 20.1 Å². The molecule has 0 amide bonds. The number of hydrogen-bond acceptors (Lipinski definition) is 9. The molecule has 1 saturated heterocycles. The Morgan fingerprint density at radius 3 is 2.79 bits per heavy atom. The minimum atomic E-state index is 0.221. The molecule has 3 aromatic heterocycles. The van der Waals surface area contributed by atoms with E-state index in [0.29, 0.717) is 51.8 Å². The van der Waals surface area contributed by atoms with Gasteiger partial charge in [-0.3, -0.25) is 4.98 Å². The molecule has 1 N–H and O–H groups in total. The second-order valence-electron chi connectivity index (χ2n) is 7.50. The van der Waals surface area contributed by atoms with Crippen LogP contribution in [0.2, 0.25) is 0 Å². The van der Waals surface area contributed by atoms with Crippen molar-refractivity contribution in [1.82, 2.24) is 24.9 Å². The number of azo groups is 1. The molecule has 4 aromatic rings. The molecule has 168 valence electrons. The second kappa shape index (κ2) is 10.1. The third-order valence-electron chi connectivity index (χ3n) is 5.28. The molecule has 0 radical (unpaired) electrons. The predicted octanol–water partition coefficient (Wildman–Crippen LogP) is 3.49. The lowest BCUT2D eigenvalue weighted by Gasteiger charge is -2.26. The number of benzene rings is 1. The summed E-state index contributed by atoms with van der Waals surface area (Å²) in [6.07, 6.45) is 4.36. The largest absolute Gasteiger partial charge is 0.463 e. The Morgan fingerprint density at radius 2 is 1.91 bits per heavy atom. The fraction of sp³-hybridized carbons (Fsp3) is 0.304. The maximum Gasteiger partial charge on any atom is 0.323 e. The molecule has 0 unspecified atom stereocenters. The molecule has 4 heterocycles. The van der Waals surface area contributed by atoms with Crippen molar-refractivity contribution in [2.45, 2.75) is 13.0 Å². The van der Waals surface area contributed by atoms with Crippen molar-refractivity contribution in [3.05, 3.63) is 66.1 Å². The number of H-pyrrole nitrogens is 1. The first-order chi connectivity index (χ1) is 16.3. The van der Waals surface area contributed by atoms with Gasteiger partial charge in [0.2, 0.25) is 5.95 Å². The van der Waals surface area contributed by atoms with Crippen LogP contribution in [-0.4, -0.2) is 57.8 Å². The molecule has 5 rings (SSSR count). The van der Waals surface area contributed by atoms with Crippen LogP contribution in [0.3, 0.4) is 0 Å². The molecule has 0 atom stereocenters. The molecule has 1 fully saturated rings. The lowest BCUT2D eigenvalue weighted by Crippen LogP contribution is -2.37. The van der Waals surface area contributed by atoms with Gasteiger partial charge in [-0.25, -0.2) is 0 Å². The Balaban J connectivity index is 1.32. The van der Waals surface area contributed by atoms with Crippen LogP contribution in [0.4, 0.5) is 11.9 Å². The molecule has 0 spiro atoms. The predicted molar refractivity (Wildman–Crippen MR) is 123 cm³/mol. The minimum Gasteiger partial charge on any atom is -0.463 e. The molecular formula is C23H24N8O2. The van der Waals surface area contributed by atoms with Gasteiger partial charge in [0.15, 0.2) is 0 Å². The van der Waals surface area contributed by atoms with Gasteiger partial charge in [-0.15, -0.1) is 5.11 Å². The fourth-order valence-corrected chi connectivity index (χ4v) is 3.58. The zero-order valence-electron chi connectivity index (χ0n) is 18.1. The van der Waals surface area contributed by atoms with Gasteiger partial charge in [-0.05, 0) is 18.2 Å². The monoisotopic (exact) mass is 444 g/mol. The van der Waals surface area contributed by atoms with Gasteiger partial charge in [0, 0.05) is 54.1 Å². The lowest BCUT2D eigenvalue weighted by molar-refractivity contribution is 0.122. The van der Waals surface area contributed by atoms with Crippen LogP contribution in [0.5, 0.6) is 6.01 Å². The number of aromatic amines is 1. The summed E-state index contributed by atoms with van der Waals surface area (Å²) in [5.74, 6) is 0.737. The second-order valence-corrected chi connectivity index (χ2v) is 7.50. The molecule has 1 aliphatic rings. The van der Waals surface area contributed by atoms with Crippen molar-refractivity contribution < 1.29 is 9.47 Å². The number of fused-ring (bicyclic) bond motifs is 1. The first-order valence-electron chi connectivity index (χ1n) is 10.9. The van der Waals surface area contributed by atoms with Crippen LogP contribution in [0.1, 0.15) is 11.3 Å². The van der Waals surface area contributed by atoms with Crippen molar-refractivity contribution in [1.29, 1.82) is 0 Å². The van der Waals surface area contributed by atoms with Gasteiger partial charge in [-0.1, -0.05) is 24.3 Å². The summed E-state index contributed by atoms with van der Waals surface area (Å²) in [6.45, 7) is 3.46. The number of anilines is 1. The number of nitrogens with one attached hydrogen (secondary N) is 1. The quantitative estimate of drug-likeness (QED) is 0.414. The standard InChI is InChI=1S/C23H24N8O2/c1-2-7-20-19(6-1)17(15-25-20)16-26-30-21-27-22(31-10-13-32-14-11-31)29-23(28-21)33-12-8-18-5-3-4-9-24-18/h1-7,9,15,25H,8,10-14,16H2. The van der Waals surface area contributed by atoms with E-state index in [1.165, 1.54) is 0 Å². The summed E-state index contributed by atoms with van der Waals surface area (Å²) in [6, 6.07) is 14.1. The highest BCUT2D eigenvalue weighted by Crippen LogP contribution is 2.21. The van der Waals surface area contributed by atoms with E-state index in [0.717, 1.165) is 22.2 Å². The van der Waals surface area contributed by atoms with Crippen LogP contribution in [0.15, 0.2) is 65.1 Å². The summed E-state index contributed by atoms with van der Waals surface area (Å²) in [5, 5.41) is 9.73. The number of aromatic nitrogens is 5. The Hall–Kier alpha value is -3.92. The third-order valence-corrected chi connectivity index (χ3v) is 5.28. The Morgan fingerprint density at radius 1 is 1.03 bits per heavy atom. The highest BCUT2D eigenvalue weighted by Gasteiger charge is 2.17. The van der Waals surface area contributed by atoms with E-state index < -0.39 is 0 Å². The van der Waals surface area contributed by atoms with E-state index in [9.17, 15) is 0 Å². The van der Waals surface area contributed by atoms with Crippen LogP contribution >= 0.6 is 0 Å².